The number of hydrogen-bond acceptors (Lipinski definition) is 5. The molecule has 1 rings (SSSR count). The molecule has 0 saturated heterocycles. The van der Waals surface area contributed by atoms with E-state index in [1.807, 2.05) is 27.0 Å². The number of sulfonamides is 1. The second kappa shape index (κ2) is 12.1. The van der Waals surface area contributed by atoms with E-state index in [1.165, 1.54) is 23.9 Å². The lowest BCUT2D eigenvalue weighted by Gasteiger charge is -2.18. The molecule has 28 heavy (non-hydrogen) atoms. The van der Waals surface area contributed by atoms with Crippen molar-refractivity contribution >= 4 is 33.6 Å². The second-order valence-corrected chi connectivity index (χ2v) is 9.39. The minimum atomic E-state index is -3.81. The summed E-state index contributed by atoms with van der Waals surface area (Å²) in [5.41, 5.74) is 0.950. The molecule has 0 radical (unpaired) electrons. The average Bonchev–Trinajstić information content (AvgIpc) is 2.65. The third-order valence-electron chi connectivity index (χ3n) is 4.23. The number of hydrogen-bond donors (Lipinski definition) is 3. The first-order valence-corrected chi connectivity index (χ1v) is 12.2. The van der Waals surface area contributed by atoms with Gasteiger partial charge in [0.25, 0.3) is 0 Å². The van der Waals surface area contributed by atoms with Crippen LogP contribution in [0, 0.1) is 6.92 Å². The third kappa shape index (κ3) is 8.62. The van der Waals surface area contributed by atoms with Crippen molar-refractivity contribution in [2.45, 2.75) is 57.0 Å². The molecule has 0 aliphatic carbocycles. The summed E-state index contributed by atoms with van der Waals surface area (Å²) < 4.78 is 27.7. The number of thioether (sulfide) groups is 1. The van der Waals surface area contributed by atoms with Crippen molar-refractivity contribution in [3.8, 4) is 0 Å². The molecule has 0 saturated carbocycles. The Hall–Kier alpha value is -1.58. The van der Waals surface area contributed by atoms with E-state index < -0.39 is 22.0 Å². The molecule has 9 heteroatoms. The molecule has 0 heterocycles. The Morgan fingerprint density at radius 2 is 1.82 bits per heavy atom. The molecule has 0 spiro atoms. The van der Waals surface area contributed by atoms with Crippen molar-refractivity contribution in [3.63, 3.8) is 0 Å². The summed E-state index contributed by atoms with van der Waals surface area (Å²) in [6, 6.07) is 5.64. The lowest BCUT2D eigenvalue weighted by molar-refractivity contribution is -0.123. The van der Waals surface area contributed by atoms with Gasteiger partial charge in [0.05, 0.1) is 4.90 Å². The first-order valence-electron chi connectivity index (χ1n) is 9.34. The molecule has 3 N–H and O–H groups in total. The molecule has 7 nitrogen and oxygen atoms in total. The van der Waals surface area contributed by atoms with Crippen LogP contribution in [0.15, 0.2) is 29.2 Å². The van der Waals surface area contributed by atoms with Crippen molar-refractivity contribution in [1.29, 1.82) is 0 Å². The van der Waals surface area contributed by atoms with Crippen LogP contribution < -0.4 is 15.4 Å². The van der Waals surface area contributed by atoms with Crippen LogP contribution in [-0.2, 0) is 19.6 Å². The molecule has 1 aromatic carbocycles. The number of rotatable bonds is 12. The minimum absolute atomic E-state index is 0.0823. The molecule has 2 unspecified atom stereocenters. The summed E-state index contributed by atoms with van der Waals surface area (Å²) in [4.78, 5) is 24.4. The summed E-state index contributed by atoms with van der Waals surface area (Å²) >= 11 is 1.53. The zero-order chi connectivity index (χ0) is 21.2. The van der Waals surface area contributed by atoms with Crippen LogP contribution in [0.25, 0.3) is 0 Å². The van der Waals surface area contributed by atoms with Crippen LogP contribution in [0.5, 0.6) is 0 Å². The molecule has 158 valence electrons. The summed E-state index contributed by atoms with van der Waals surface area (Å²) in [5, 5.41) is 5.49. The SMILES string of the molecule is CCC(C)NC(=O)CCNC(=O)C(CCSC)NS(=O)(=O)c1ccc(C)cc1. The van der Waals surface area contributed by atoms with E-state index in [0.29, 0.717) is 12.2 Å². The molecule has 2 atom stereocenters. The van der Waals surface area contributed by atoms with E-state index >= 15 is 0 Å². The highest BCUT2D eigenvalue weighted by Gasteiger charge is 2.25. The van der Waals surface area contributed by atoms with E-state index in [1.54, 1.807) is 12.1 Å². The first kappa shape index (κ1) is 24.5. The van der Waals surface area contributed by atoms with Gasteiger partial charge in [-0.15, -0.1) is 0 Å². The number of benzene rings is 1. The highest BCUT2D eigenvalue weighted by molar-refractivity contribution is 7.98. The predicted molar refractivity (Wildman–Crippen MR) is 114 cm³/mol. The minimum Gasteiger partial charge on any atom is -0.354 e. The summed E-state index contributed by atoms with van der Waals surface area (Å²) in [6.07, 6.45) is 3.23. The molecule has 0 bridgehead atoms. The zero-order valence-corrected chi connectivity index (χ0v) is 18.6. The van der Waals surface area contributed by atoms with E-state index in [0.717, 1.165) is 12.0 Å². The highest BCUT2D eigenvalue weighted by atomic mass is 32.2. The van der Waals surface area contributed by atoms with E-state index in [9.17, 15) is 18.0 Å². The summed E-state index contributed by atoms with van der Waals surface area (Å²) in [6.45, 7) is 5.91. The monoisotopic (exact) mass is 429 g/mol. The third-order valence-corrected chi connectivity index (χ3v) is 6.36. The Kier molecular flexibility index (Phi) is 10.6. The van der Waals surface area contributed by atoms with Crippen molar-refractivity contribution in [1.82, 2.24) is 15.4 Å². The fourth-order valence-electron chi connectivity index (χ4n) is 2.32. The fourth-order valence-corrected chi connectivity index (χ4v) is 4.02. The standard InChI is InChI=1S/C19H31N3O4S2/c1-5-15(3)21-18(23)10-12-20-19(24)17(11-13-27-4)22-28(25,26)16-8-6-14(2)7-9-16/h6-9,15,17,22H,5,10-13H2,1-4H3,(H,20,24)(H,21,23). The smallest absolute Gasteiger partial charge is 0.241 e. The van der Waals surface area contributed by atoms with Gasteiger partial charge in [-0.1, -0.05) is 24.6 Å². The largest absolute Gasteiger partial charge is 0.354 e. The fraction of sp³-hybridized carbons (Fsp3) is 0.579. The van der Waals surface area contributed by atoms with Crippen LogP contribution in [0.1, 0.15) is 38.7 Å². The van der Waals surface area contributed by atoms with Gasteiger partial charge >= 0.3 is 0 Å². The van der Waals surface area contributed by atoms with Gasteiger partial charge in [0.15, 0.2) is 0 Å². The van der Waals surface area contributed by atoms with Gasteiger partial charge in [-0.05, 0) is 50.8 Å². The Morgan fingerprint density at radius 1 is 1.18 bits per heavy atom. The number of carbonyl (C=O) groups is 2. The van der Waals surface area contributed by atoms with E-state index in [4.69, 9.17) is 0 Å². The van der Waals surface area contributed by atoms with Gasteiger partial charge < -0.3 is 10.6 Å². The van der Waals surface area contributed by atoms with Gasteiger partial charge in [0.2, 0.25) is 21.8 Å². The molecule has 0 aliphatic rings. The van der Waals surface area contributed by atoms with Crippen LogP contribution in [0.4, 0.5) is 0 Å². The number of aryl methyl sites for hydroxylation is 1. The summed E-state index contributed by atoms with van der Waals surface area (Å²) in [5.74, 6) is 0.0554. The van der Waals surface area contributed by atoms with Crippen molar-refractivity contribution < 1.29 is 18.0 Å². The van der Waals surface area contributed by atoms with Crippen LogP contribution in [0.2, 0.25) is 0 Å². The Bertz CT molecular complexity index is 736. The zero-order valence-electron chi connectivity index (χ0n) is 16.9. The molecule has 0 aromatic heterocycles. The van der Waals surface area contributed by atoms with Crippen LogP contribution >= 0.6 is 11.8 Å². The maximum atomic E-state index is 12.6. The first-order chi connectivity index (χ1) is 13.2. The molecule has 1 aromatic rings. The van der Waals surface area contributed by atoms with E-state index in [-0.39, 0.29) is 29.8 Å². The molecular weight excluding hydrogens is 398 g/mol. The molecule has 0 aliphatic heterocycles. The quantitative estimate of drug-likeness (QED) is 0.470. The lowest BCUT2D eigenvalue weighted by atomic mass is 10.2. The highest BCUT2D eigenvalue weighted by Crippen LogP contribution is 2.12. The van der Waals surface area contributed by atoms with Crippen LogP contribution in [0.3, 0.4) is 0 Å². The topological polar surface area (TPSA) is 104 Å². The second-order valence-electron chi connectivity index (χ2n) is 6.69. The average molecular weight is 430 g/mol. The summed E-state index contributed by atoms with van der Waals surface area (Å²) in [7, 11) is -3.81. The maximum absolute atomic E-state index is 12.6. The molecule has 2 amide bonds. The maximum Gasteiger partial charge on any atom is 0.241 e. The number of nitrogens with one attached hydrogen (secondary N) is 3. The van der Waals surface area contributed by atoms with Gasteiger partial charge in [-0.3, -0.25) is 9.59 Å². The van der Waals surface area contributed by atoms with E-state index in [2.05, 4.69) is 15.4 Å². The van der Waals surface area contributed by atoms with Gasteiger partial charge in [0, 0.05) is 19.0 Å². The Labute approximate surface area is 172 Å². The van der Waals surface area contributed by atoms with Gasteiger partial charge in [-0.2, -0.15) is 16.5 Å². The van der Waals surface area contributed by atoms with Crippen molar-refractivity contribution in [3.05, 3.63) is 29.8 Å². The Morgan fingerprint density at radius 3 is 2.39 bits per heavy atom. The van der Waals surface area contributed by atoms with Gasteiger partial charge in [-0.25, -0.2) is 8.42 Å². The van der Waals surface area contributed by atoms with Crippen LogP contribution in [-0.4, -0.2) is 50.9 Å². The molecule has 0 fully saturated rings. The Balaban J connectivity index is 2.69. The van der Waals surface area contributed by atoms with Gasteiger partial charge in [0.1, 0.15) is 6.04 Å². The van der Waals surface area contributed by atoms with Crippen molar-refractivity contribution in [2.75, 3.05) is 18.6 Å². The van der Waals surface area contributed by atoms with Crippen molar-refractivity contribution in [2.24, 2.45) is 0 Å². The predicted octanol–water partition coefficient (Wildman–Crippen LogP) is 1.82. The normalized spacial score (nSPS) is 13.6. The lowest BCUT2D eigenvalue weighted by Crippen LogP contribution is -2.47. The molecular formula is C19H31N3O4S2. The number of amides is 2. The number of carbonyl (C=O) groups excluding carboxylic acids is 2.